The lowest BCUT2D eigenvalue weighted by atomic mass is 10.1. The van der Waals surface area contributed by atoms with E-state index in [1.165, 1.54) is 11.8 Å². The van der Waals surface area contributed by atoms with Gasteiger partial charge < -0.3 is 5.32 Å². The summed E-state index contributed by atoms with van der Waals surface area (Å²) in [5.41, 5.74) is 1.24. The molecule has 0 spiro atoms. The molecular weight excluding hydrogens is 254 g/mol. The van der Waals surface area contributed by atoms with Gasteiger partial charge in [0.1, 0.15) is 0 Å². The van der Waals surface area contributed by atoms with Crippen molar-refractivity contribution in [3.8, 4) is 0 Å². The van der Waals surface area contributed by atoms with E-state index < -0.39 is 9.84 Å². The van der Waals surface area contributed by atoms with Crippen LogP contribution in [0.1, 0.15) is 37.8 Å². The molecule has 0 aliphatic heterocycles. The highest BCUT2D eigenvalue weighted by Gasteiger charge is 2.35. The molecule has 17 heavy (non-hydrogen) atoms. The average Bonchev–Trinajstić information content (AvgIpc) is 2.85. The van der Waals surface area contributed by atoms with Crippen LogP contribution >= 0.6 is 11.3 Å². The van der Waals surface area contributed by atoms with E-state index in [2.05, 4.69) is 29.1 Å². The molecule has 1 aromatic heterocycles. The lowest BCUT2D eigenvalue weighted by Crippen LogP contribution is -2.41. The van der Waals surface area contributed by atoms with Gasteiger partial charge in [-0.25, -0.2) is 8.42 Å². The minimum Gasteiger partial charge on any atom is -0.306 e. The molecule has 1 fully saturated rings. The molecule has 0 radical (unpaired) electrons. The molecule has 5 heteroatoms. The Bertz CT molecular complexity index is 453. The Morgan fingerprint density at radius 1 is 1.47 bits per heavy atom. The Morgan fingerprint density at radius 2 is 2.24 bits per heavy atom. The van der Waals surface area contributed by atoms with Crippen molar-refractivity contribution in [2.45, 2.75) is 43.5 Å². The maximum Gasteiger partial charge on any atom is 0.151 e. The summed E-state index contributed by atoms with van der Waals surface area (Å²) in [5, 5.41) is 7.43. The third-order valence-corrected chi connectivity index (χ3v) is 5.88. The van der Waals surface area contributed by atoms with Crippen molar-refractivity contribution in [1.82, 2.24) is 5.32 Å². The third kappa shape index (κ3) is 3.09. The smallest absolute Gasteiger partial charge is 0.151 e. The van der Waals surface area contributed by atoms with Gasteiger partial charge in [0, 0.05) is 18.3 Å². The fourth-order valence-corrected chi connectivity index (χ4v) is 4.73. The summed E-state index contributed by atoms with van der Waals surface area (Å²) in [6.45, 7) is 2.10. The normalized spacial score (nSPS) is 27.2. The van der Waals surface area contributed by atoms with E-state index in [1.54, 1.807) is 11.3 Å². The number of sulfone groups is 1. The Kier molecular flexibility index (Phi) is 3.90. The molecule has 1 N–H and O–H groups in total. The second-order valence-corrected chi connectivity index (χ2v) is 7.89. The summed E-state index contributed by atoms with van der Waals surface area (Å²) >= 11 is 1.67. The molecule has 0 amide bonds. The molecule has 1 aliphatic rings. The minimum atomic E-state index is -2.93. The summed E-state index contributed by atoms with van der Waals surface area (Å²) < 4.78 is 23.3. The molecule has 3 atom stereocenters. The predicted octanol–water partition coefficient (Wildman–Crippen LogP) is 2.36. The maximum absolute atomic E-state index is 11.7. The van der Waals surface area contributed by atoms with Crippen molar-refractivity contribution in [3.05, 3.63) is 22.4 Å². The first-order chi connectivity index (χ1) is 7.98. The first-order valence-electron chi connectivity index (χ1n) is 5.95. The van der Waals surface area contributed by atoms with E-state index >= 15 is 0 Å². The molecule has 1 aromatic rings. The molecule has 96 valence electrons. The van der Waals surface area contributed by atoms with Gasteiger partial charge in [-0.15, -0.1) is 0 Å². The van der Waals surface area contributed by atoms with Crippen LogP contribution in [0.15, 0.2) is 16.8 Å². The summed E-state index contributed by atoms with van der Waals surface area (Å²) in [5.74, 6) is 0. The summed E-state index contributed by atoms with van der Waals surface area (Å²) in [6, 6.07) is 2.43. The van der Waals surface area contributed by atoms with Crippen LogP contribution in [-0.4, -0.2) is 26.0 Å². The lowest BCUT2D eigenvalue weighted by Gasteiger charge is -2.23. The fourth-order valence-electron chi connectivity index (χ4n) is 2.57. The zero-order valence-corrected chi connectivity index (χ0v) is 11.9. The van der Waals surface area contributed by atoms with E-state index in [1.807, 2.05) is 0 Å². The molecule has 0 aromatic carbocycles. The number of hydrogen-bond donors (Lipinski definition) is 1. The van der Waals surface area contributed by atoms with Crippen molar-refractivity contribution >= 4 is 21.2 Å². The van der Waals surface area contributed by atoms with Gasteiger partial charge in [-0.3, -0.25) is 0 Å². The van der Waals surface area contributed by atoms with Crippen molar-refractivity contribution in [1.29, 1.82) is 0 Å². The highest BCUT2D eigenvalue weighted by Crippen LogP contribution is 2.27. The van der Waals surface area contributed by atoms with E-state index in [0.717, 1.165) is 19.3 Å². The van der Waals surface area contributed by atoms with Gasteiger partial charge in [-0.2, -0.15) is 11.3 Å². The number of hydrogen-bond acceptors (Lipinski definition) is 4. The SMILES string of the molecule is CC(NC1CCCC1S(C)(=O)=O)c1ccsc1. The van der Waals surface area contributed by atoms with Gasteiger partial charge in [-0.05, 0) is 42.2 Å². The van der Waals surface area contributed by atoms with Gasteiger partial charge in [0.05, 0.1) is 5.25 Å². The second-order valence-electron chi connectivity index (χ2n) is 4.85. The van der Waals surface area contributed by atoms with E-state index in [-0.39, 0.29) is 17.3 Å². The van der Waals surface area contributed by atoms with Gasteiger partial charge in [0.15, 0.2) is 9.84 Å². The van der Waals surface area contributed by atoms with Crippen LogP contribution in [0.2, 0.25) is 0 Å². The van der Waals surface area contributed by atoms with E-state index in [9.17, 15) is 8.42 Å². The van der Waals surface area contributed by atoms with Crippen LogP contribution in [0.4, 0.5) is 0 Å². The maximum atomic E-state index is 11.7. The number of nitrogens with one attached hydrogen (secondary N) is 1. The molecular formula is C12H19NO2S2. The monoisotopic (exact) mass is 273 g/mol. The lowest BCUT2D eigenvalue weighted by molar-refractivity contribution is 0.456. The molecule has 1 aliphatic carbocycles. The molecule has 0 bridgehead atoms. The zero-order valence-electron chi connectivity index (χ0n) is 10.2. The highest BCUT2D eigenvalue weighted by atomic mass is 32.2. The van der Waals surface area contributed by atoms with Crippen LogP contribution in [0.25, 0.3) is 0 Å². The van der Waals surface area contributed by atoms with Crippen LogP contribution in [0.5, 0.6) is 0 Å². The fraction of sp³-hybridized carbons (Fsp3) is 0.667. The van der Waals surface area contributed by atoms with Gasteiger partial charge >= 0.3 is 0 Å². The van der Waals surface area contributed by atoms with Crippen LogP contribution in [-0.2, 0) is 9.84 Å². The Balaban J connectivity index is 2.04. The van der Waals surface area contributed by atoms with Crippen molar-refractivity contribution < 1.29 is 8.42 Å². The van der Waals surface area contributed by atoms with Gasteiger partial charge in [-0.1, -0.05) is 6.42 Å². The van der Waals surface area contributed by atoms with Crippen LogP contribution < -0.4 is 5.32 Å². The zero-order chi connectivity index (χ0) is 12.5. The van der Waals surface area contributed by atoms with Gasteiger partial charge in [0.25, 0.3) is 0 Å². The number of rotatable bonds is 4. The third-order valence-electron chi connectivity index (χ3n) is 3.51. The van der Waals surface area contributed by atoms with Crippen molar-refractivity contribution in [2.75, 3.05) is 6.26 Å². The second kappa shape index (κ2) is 5.08. The molecule has 1 saturated carbocycles. The first kappa shape index (κ1) is 13.1. The van der Waals surface area contributed by atoms with E-state index in [4.69, 9.17) is 0 Å². The standard InChI is InChI=1S/C12H19NO2S2/c1-9(10-6-7-16-8-10)13-11-4-3-5-12(11)17(2,14)15/h6-9,11-13H,3-5H2,1-2H3. The minimum absolute atomic E-state index is 0.111. The molecule has 1 heterocycles. The van der Waals surface area contributed by atoms with Gasteiger partial charge in [0.2, 0.25) is 0 Å². The summed E-state index contributed by atoms with van der Waals surface area (Å²) in [4.78, 5) is 0. The number of thiophene rings is 1. The predicted molar refractivity (Wildman–Crippen MR) is 72.1 cm³/mol. The molecule has 0 saturated heterocycles. The summed E-state index contributed by atoms with van der Waals surface area (Å²) in [6.07, 6.45) is 4.12. The molecule has 3 nitrogen and oxygen atoms in total. The molecule has 3 unspecified atom stereocenters. The average molecular weight is 273 g/mol. The Morgan fingerprint density at radius 3 is 2.82 bits per heavy atom. The highest BCUT2D eigenvalue weighted by molar-refractivity contribution is 7.91. The van der Waals surface area contributed by atoms with Crippen molar-refractivity contribution in [3.63, 3.8) is 0 Å². The molecule has 2 rings (SSSR count). The van der Waals surface area contributed by atoms with E-state index in [0.29, 0.717) is 0 Å². The first-order valence-corrected chi connectivity index (χ1v) is 8.85. The van der Waals surface area contributed by atoms with Crippen molar-refractivity contribution in [2.24, 2.45) is 0 Å². The largest absolute Gasteiger partial charge is 0.306 e. The van der Waals surface area contributed by atoms with Crippen LogP contribution in [0.3, 0.4) is 0 Å². The quantitative estimate of drug-likeness (QED) is 0.916. The Labute approximate surface area is 107 Å². The topological polar surface area (TPSA) is 46.2 Å². The Hall–Kier alpha value is -0.390. The summed E-state index contributed by atoms with van der Waals surface area (Å²) in [7, 11) is -2.93. The van der Waals surface area contributed by atoms with Crippen LogP contribution in [0, 0.1) is 0 Å².